The lowest BCUT2D eigenvalue weighted by Crippen LogP contribution is -2.34. The molecule has 0 unspecified atom stereocenters. The van der Waals surface area contributed by atoms with Crippen LogP contribution >= 0.6 is 0 Å². The van der Waals surface area contributed by atoms with E-state index in [1.165, 1.54) is 4.90 Å². The van der Waals surface area contributed by atoms with Crippen molar-refractivity contribution in [3.63, 3.8) is 0 Å². The Balaban J connectivity index is 2.05. The molecule has 0 spiro atoms. The van der Waals surface area contributed by atoms with Gasteiger partial charge in [-0.05, 0) is 17.7 Å². The molecule has 1 aliphatic rings. The average Bonchev–Trinajstić information content (AvgIpc) is 2.78. The number of fused-ring (bicyclic) bond motifs is 1. The molecule has 21 heavy (non-hydrogen) atoms. The van der Waals surface area contributed by atoms with Gasteiger partial charge < -0.3 is 0 Å². The molecule has 0 fully saturated rings. The molecule has 3 rings (SSSR count). The molecule has 2 aromatic carbocycles. The van der Waals surface area contributed by atoms with Gasteiger partial charge >= 0.3 is 0 Å². The van der Waals surface area contributed by atoms with Crippen LogP contribution in [0.4, 0.5) is 0 Å². The molecule has 1 atom stereocenters. The number of benzene rings is 2. The van der Waals surface area contributed by atoms with Gasteiger partial charge in [-0.3, -0.25) is 14.5 Å². The lowest BCUT2D eigenvalue weighted by atomic mass is 10.0. The molecule has 1 heterocycles. The Kier molecular flexibility index (Phi) is 3.25. The lowest BCUT2D eigenvalue weighted by molar-refractivity contribution is 0.0584. The molecule has 0 bridgehead atoms. The molecule has 2 amide bonds. The van der Waals surface area contributed by atoms with Gasteiger partial charge in [-0.15, -0.1) is 0 Å². The summed E-state index contributed by atoms with van der Waals surface area (Å²) < 4.78 is 0. The normalized spacial score (nSPS) is 14.7. The first-order valence-corrected chi connectivity index (χ1v) is 6.63. The maximum Gasteiger partial charge on any atom is 0.262 e. The van der Waals surface area contributed by atoms with Gasteiger partial charge in [0.15, 0.2) is 0 Å². The molecule has 4 heteroatoms. The summed E-state index contributed by atoms with van der Waals surface area (Å²) in [4.78, 5) is 26.2. The topological polar surface area (TPSA) is 61.2 Å². The first-order chi connectivity index (χ1) is 10.2. The number of rotatable bonds is 3. The molecule has 0 N–H and O–H groups in total. The first-order valence-electron chi connectivity index (χ1n) is 6.63. The van der Waals surface area contributed by atoms with E-state index >= 15 is 0 Å². The maximum absolute atomic E-state index is 12.5. The van der Waals surface area contributed by atoms with Crippen molar-refractivity contribution >= 4 is 11.8 Å². The van der Waals surface area contributed by atoms with Crippen molar-refractivity contribution in [3.8, 4) is 6.07 Å². The zero-order valence-corrected chi connectivity index (χ0v) is 11.2. The fourth-order valence-electron chi connectivity index (χ4n) is 2.61. The van der Waals surface area contributed by atoms with Crippen LogP contribution in [-0.2, 0) is 0 Å². The Bertz CT molecular complexity index is 712. The van der Waals surface area contributed by atoms with Crippen molar-refractivity contribution in [1.29, 1.82) is 5.26 Å². The number of imide groups is 1. The minimum atomic E-state index is -0.552. The van der Waals surface area contributed by atoms with E-state index in [9.17, 15) is 9.59 Å². The highest BCUT2D eigenvalue weighted by atomic mass is 16.2. The van der Waals surface area contributed by atoms with Crippen molar-refractivity contribution in [2.75, 3.05) is 0 Å². The summed E-state index contributed by atoms with van der Waals surface area (Å²) in [7, 11) is 0. The molecule has 1 aliphatic heterocycles. The molecule has 0 aliphatic carbocycles. The third-order valence-corrected chi connectivity index (χ3v) is 3.61. The van der Waals surface area contributed by atoms with Crippen LogP contribution in [0.3, 0.4) is 0 Å². The molecular weight excluding hydrogens is 264 g/mol. The van der Waals surface area contributed by atoms with Crippen molar-refractivity contribution in [3.05, 3.63) is 71.3 Å². The van der Waals surface area contributed by atoms with E-state index in [4.69, 9.17) is 5.26 Å². The van der Waals surface area contributed by atoms with E-state index in [1.807, 2.05) is 30.3 Å². The number of carbonyl (C=O) groups is 2. The van der Waals surface area contributed by atoms with Gasteiger partial charge in [0.2, 0.25) is 0 Å². The molecular formula is C17H12N2O2. The van der Waals surface area contributed by atoms with Gasteiger partial charge in [-0.2, -0.15) is 5.26 Å². The monoisotopic (exact) mass is 276 g/mol. The number of nitrogens with zero attached hydrogens (tertiary/aromatic N) is 2. The molecule has 0 saturated heterocycles. The van der Waals surface area contributed by atoms with Crippen molar-refractivity contribution in [1.82, 2.24) is 4.90 Å². The third-order valence-electron chi connectivity index (χ3n) is 3.61. The molecule has 102 valence electrons. The minimum absolute atomic E-state index is 0.0789. The fourth-order valence-corrected chi connectivity index (χ4v) is 2.61. The summed E-state index contributed by atoms with van der Waals surface area (Å²) in [6.45, 7) is 0. The summed E-state index contributed by atoms with van der Waals surface area (Å²) in [6, 6.07) is 17.4. The predicted octanol–water partition coefficient (Wildman–Crippen LogP) is 2.94. The maximum atomic E-state index is 12.5. The predicted molar refractivity (Wildman–Crippen MR) is 76.4 cm³/mol. The van der Waals surface area contributed by atoms with Crippen LogP contribution < -0.4 is 0 Å². The Morgan fingerprint density at radius 1 is 0.905 bits per heavy atom. The summed E-state index contributed by atoms with van der Waals surface area (Å²) in [5.41, 5.74) is 1.59. The molecule has 0 radical (unpaired) electrons. The average molecular weight is 276 g/mol. The van der Waals surface area contributed by atoms with Crippen LogP contribution in [0.1, 0.15) is 38.7 Å². The number of carbonyl (C=O) groups excluding carboxylic acids is 2. The minimum Gasteiger partial charge on any atom is -0.269 e. The van der Waals surface area contributed by atoms with Gasteiger partial charge in [-0.25, -0.2) is 0 Å². The second-order valence-corrected chi connectivity index (χ2v) is 4.81. The van der Waals surface area contributed by atoms with Gasteiger partial charge in [-0.1, -0.05) is 42.5 Å². The van der Waals surface area contributed by atoms with Crippen LogP contribution in [-0.4, -0.2) is 16.7 Å². The number of amides is 2. The first kappa shape index (κ1) is 13.1. The van der Waals surface area contributed by atoms with Crippen LogP contribution in [0.5, 0.6) is 0 Å². The Labute approximate surface area is 122 Å². The van der Waals surface area contributed by atoms with Crippen molar-refractivity contribution in [2.24, 2.45) is 0 Å². The Morgan fingerprint density at radius 2 is 1.43 bits per heavy atom. The summed E-state index contributed by atoms with van der Waals surface area (Å²) in [6.07, 6.45) is 0.0789. The van der Waals surface area contributed by atoms with E-state index in [0.29, 0.717) is 11.1 Å². The summed E-state index contributed by atoms with van der Waals surface area (Å²) in [5, 5.41) is 9.05. The second kappa shape index (κ2) is 5.22. The standard InChI is InChI=1S/C17H12N2O2/c18-11-10-15(12-6-2-1-3-7-12)19-16(20)13-8-4-5-9-14(13)17(19)21/h1-9,15H,10H2/t15-/m0/s1. The quantitative estimate of drug-likeness (QED) is 0.810. The number of hydrogen-bond acceptors (Lipinski definition) is 3. The van der Waals surface area contributed by atoms with Crippen molar-refractivity contribution in [2.45, 2.75) is 12.5 Å². The zero-order chi connectivity index (χ0) is 14.8. The fraction of sp³-hybridized carbons (Fsp3) is 0.118. The molecule has 2 aromatic rings. The highest BCUT2D eigenvalue weighted by Crippen LogP contribution is 2.32. The van der Waals surface area contributed by atoms with Gasteiger partial charge in [0.05, 0.1) is 29.7 Å². The van der Waals surface area contributed by atoms with E-state index in [-0.39, 0.29) is 18.2 Å². The highest BCUT2D eigenvalue weighted by molar-refractivity contribution is 6.21. The van der Waals surface area contributed by atoms with E-state index in [0.717, 1.165) is 5.56 Å². The Hall–Kier alpha value is -2.93. The SMILES string of the molecule is N#CC[C@@H](c1ccccc1)N1C(=O)c2ccccc2C1=O. The van der Waals surface area contributed by atoms with Crippen LogP contribution in [0.15, 0.2) is 54.6 Å². The molecule has 0 aromatic heterocycles. The van der Waals surface area contributed by atoms with Crippen LogP contribution in [0.25, 0.3) is 0 Å². The van der Waals surface area contributed by atoms with Gasteiger partial charge in [0.1, 0.15) is 0 Å². The molecule has 4 nitrogen and oxygen atoms in total. The van der Waals surface area contributed by atoms with Gasteiger partial charge in [0.25, 0.3) is 11.8 Å². The van der Waals surface area contributed by atoms with E-state index in [1.54, 1.807) is 24.3 Å². The number of hydrogen-bond donors (Lipinski definition) is 0. The summed E-state index contributed by atoms with van der Waals surface area (Å²) >= 11 is 0. The smallest absolute Gasteiger partial charge is 0.262 e. The van der Waals surface area contributed by atoms with E-state index < -0.39 is 6.04 Å². The number of nitriles is 1. The van der Waals surface area contributed by atoms with Crippen LogP contribution in [0.2, 0.25) is 0 Å². The zero-order valence-electron chi connectivity index (χ0n) is 11.2. The van der Waals surface area contributed by atoms with Crippen LogP contribution in [0, 0.1) is 11.3 Å². The van der Waals surface area contributed by atoms with Crippen molar-refractivity contribution < 1.29 is 9.59 Å². The third kappa shape index (κ3) is 2.09. The highest BCUT2D eigenvalue weighted by Gasteiger charge is 2.40. The molecule has 0 saturated carbocycles. The van der Waals surface area contributed by atoms with E-state index in [2.05, 4.69) is 6.07 Å². The lowest BCUT2D eigenvalue weighted by Gasteiger charge is -2.24. The largest absolute Gasteiger partial charge is 0.269 e. The Morgan fingerprint density at radius 3 is 1.95 bits per heavy atom. The van der Waals surface area contributed by atoms with Gasteiger partial charge in [0, 0.05) is 0 Å². The second-order valence-electron chi connectivity index (χ2n) is 4.81. The summed E-state index contributed by atoms with van der Waals surface area (Å²) in [5.74, 6) is -0.667.